The van der Waals surface area contributed by atoms with Crippen molar-refractivity contribution in [2.75, 3.05) is 0 Å². The van der Waals surface area contributed by atoms with Crippen LogP contribution in [0.3, 0.4) is 0 Å². The summed E-state index contributed by atoms with van der Waals surface area (Å²) < 4.78 is 0. The molecule has 3 heteroatoms. The lowest BCUT2D eigenvalue weighted by Crippen LogP contribution is -2.10. The molecule has 0 heterocycles. The third kappa shape index (κ3) is 4.15. The Hall–Kier alpha value is -1.35. The number of nitrogens with two attached hydrogens (primary N) is 1. The van der Waals surface area contributed by atoms with Gasteiger partial charge < -0.3 is 0 Å². The van der Waals surface area contributed by atoms with E-state index in [2.05, 4.69) is 24.3 Å². The minimum absolute atomic E-state index is 0. The fourth-order valence-corrected chi connectivity index (χ4v) is 1.92. The molecule has 0 amide bonds. The van der Waals surface area contributed by atoms with Crippen molar-refractivity contribution in [2.24, 2.45) is 5.90 Å². The van der Waals surface area contributed by atoms with Gasteiger partial charge in [-0.1, -0.05) is 60.7 Å². The zero-order valence-electron chi connectivity index (χ0n) is 10.2. The third-order valence-electron chi connectivity index (χ3n) is 2.87. The van der Waals surface area contributed by atoms with Crippen LogP contribution in [0.15, 0.2) is 60.7 Å². The van der Waals surface area contributed by atoms with Crippen LogP contribution in [0.25, 0.3) is 0 Å². The molecule has 1 unspecified atom stereocenters. The van der Waals surface area contributed by atoms with Crippen LogP contribution in [0.4, 0.5) is 0 Å². The molecule has 18 heavy (non-hydrogen) atoms. The maximum Gasteiger partial charge on any atom is 0.104 e. The predicted octanol–water partition coefficient (Wildman–Crippen LogP) is 3.67. The zero-order valence-corrected chi connectivity index (χ0v) is 11.0. The minimum atomic E-state index is -0.0311. The first-order valence-corrected chi connectivity index (χ1v) is 5.84. The summed E-state index contributed by atoms with van der Waals surface area (Å²) in [5, 5.41) is 0. The number of halogens is 1. The van der Waals surface area contributed by atoms with Gasteiger partial charge >= 0.3 is 0 Å². The maximum atomic E-state index is 5.37. The van der Waals surface area contributed by atoms with E-state index in [0.29, 0.717) is 0 Å². The summed E-state index contributed by atoms with van der Waals surface area (Å²) in [6, 6.07) is 20.5. The second kappa shape index (κ2) is 7.88. The second-order valence-electron chi connectivity index (χ2n) is 4.06. The van der Waals surface area contributed by atoms with Gasteiger partial charge in [0.15, 0.2) is 0 Å². The molecule has 0 aliphatic heterocycles. The van der Waals surface area contributed by atoms with Crippen LogP contribution < -0.4 is 5.90 Å². The Bertz CT molecular complexity index is 433. The molecule has 2 rings (SSSR count). The lowest BCUT2D eigenvalue weighted by Gasteiger charge is -2.14. The molecule has 0 radical (unpaired) electrons. The molecule has 0 fully saturated rings. The lowest BCUT2D eigenvalue weighted by atomic mass is 10.0. The number of hydrogen-bond acceptors (Lipinski definition) is 2. The van der Waals surface area contributed by atoms with Crippen LogP contribution in [-0.4, -0.2) is 0 Å². The molecule has 2 aromatic carbocycles. The summed E-state index contributed by atoms with van der Waals surface area (Å²) >= 11 is 0. The highest BCUT2D eigenvalue weighted by atomic mass is 35.5. The van der Waals surface area contributed by atoms with E-state index in [1.165, 1.54) is 5.56 Å². The van der Waals surface area contributed by atoms with Crippen LogP contribution >= 0.6 is 12.4 Å². The predicted molar refractivity (Wildman–Crippen MR) is 76.5 cm³/mol. The smallest absolute Gasteiger partial charge is 0.104 e. The van der Waals surface area contributed by atoms with Gasteiger partial charge in [0, 0.05) is 0 Å². The van der Waals surface area contributed by atoms with Crippen molar-refractivity contribution in [1.82, 2.24) is 0 Å². The Balaban J connectivity index is 0.00000162. The highest BCUT2D eigenvalue weighted by molar-refractivity contribution is 5.85. The van der Waals surface area contributed by atoms with E-state index in [-0.39, 0.29) is 18.5 Å². The SMILES string of the molecule is Cl.NOC(CCc1ccccc1)c1ccccc1. The number of hydrogen-bond donors (Lipinski definition) is 1. The quantitative estimate of drug-likeness (QED) is 0.836. The Kier molecular flexibility index (Phi) is 6.44. The first-order valence-electron chi connectivity index (χ1n) is 5.84. The van der Waals surface area contributed by atoms with Gasteiger partial charge in [0.1, 0.15) is 6.10 Å². The van der Waals surface area contributed by atoms with Gasteiger partial charge in [-0.15, -0.1) is 12.4 Å². The minimum Gasteiger partial charge on any atom is -0.297 e. The van der Waals surface area contributed by atoms with E-state index in [0.717, 1.165) is 18.4 Å². The van der Waals surface area contributed by atoms with Gasteiger partial charge in [0.2, 0.25) is 0 Å². The summed E-state index contributed by atoms with van der Waals surface area (Å²) in [6.07, 6.45) is 1.83. The molecule has 96 valence electrons. The second-order valence-corrected chi connectivity index (χ2v) is 4.06. The Labute approximate surface area is 114 Å². The van der Waals surface area contributed by atoms with Crippen molar-refractivity contribution in [1.29, 1.82) is 0 Å². The largest absolute Gasteiger partial charge is 0.297 e. The fourth-order valence-electron chi connectivity index (χ4n) is 1.92. The van der Waals surface area contributed by atoms with Crippen LogP contribution in [0.1, 0.15) is 23.7 Å². The number of aryl methyl sites for hydroxylation is 1. The van der Waals surface area contributed by atoms with Crippen molar-refractivity contribution in [3.05, 3.63) is 71.8 Å². The van der Waals surface area contributed by atoms with E-state index in [4.69, 9.17) is 10.7 Å². The molecular weight excluding hydrogens is 246 g/mol. The van der Waals surface area contributed by atoms with Gasteiger partial charge in [-0.2, -0.15) is 0 Å². The van der Waals surface area contributed by atoms with Gasteiger partial charge in [0.05, 0.1) is 0 Å². The summed E-state index contributed by atoms with van der Waals surface area (Å²) in [7, 11) is 0. The van der Waals surface area contributed by atoms with E-state index < -0.39 is 0 Å². The molecule has 2 nitrogen and oxygen atoms in total. The van der Waals surface area contributed by atoms with E-state index in [9.17, 15) is 0 Å². The first-order chi connectivity index (χ1) is 8.40. The average molecular weight is 264 g/mol. The summed E-state index contributed by atoms with van der Waals surface area (Å²) in [5.41, 5.74) is 2.44. The highest BCUT2D eigenvalue weighted by Gasteiger charge is 2.10. The van der Waals surface area contributed by atoms with Crippen molar-refractivity contribution in [2.45, 2.75) is 18.9 Å². The molecule has 0 spiro atoms. The molecular formula is C15H18ClNO. The first kappa shape index (κ1) is 14.7. The van der Waals surface area contributed by atoms with Crippen LogP contribution in [-0.2, 0) is 11.3 Å². The molecule has 0 aromatic heterocycles. The van der Waals surface area contributed by atoms with Crippen LogP contribution in [0.2, 0.25) is 0 Å². The van der Waals surface area contributed by atoms with E-state index in [1.807, 2.05) is 36.4 Å². The van der Waals surface area contributed by atoms with Gasteiger partial charge in [0.25, 0.3) is 0 Å². The third-order valence-corrected chi connectivity index (χ3v) is 2.87. The van der Waals surface area contributed by atoms with Crippen molar-refractivity contribution >= 4 is 12.4 Å². The summed E-state index contributed by atoms with van der Waals surface area (Å²) in [6.45, 7) is 0. The molecule has 0 saturated heterocycles. The number of benzene rings is 2. The molecule has 1 atom stereocenters. The topological polar surface area (TPSA) is 35.2 Å². The van der Waals surface area contributed by atoms with Gasteiger partial charge in [-0.05, 0) is 24.0 Å². The van der Waals surface area contributed by atoms with Crippen molar-refractivity contribution in [3.8, 4) is 0 Å². The lowest BCUT2D eigenvalue weighted by molar-refractivity contribution is 0.0467. The van der Waals surface area contributed by atoms with Gasteiger partial charge in [-0.3, -0.25) is 4.84 Å². The molecule has 2 aromatic rings. The molecule has 2 N–H and O–H groups in total. The maximum absolute atomic E-state index is 5.37. The number of rotatable bonds is 5. The van der Waals surface area contributed by atoms with Crippen molar-refractivity contribution in [3.63, 3.8) is 0 Å². The fraction of sp³-hybridized carbons (Fsp3) is 0.200. The molecule has 0 aliphatic rings. The highest BCUT2D eigenvalue weighted by Crippen LogP contribution is 2.21. The normalized spacial score (nSPS) is 11.6. The summed E-state index contributed by atoms with van der Waals surface area (Å²) in [4.78, 5) is 5.06. The Morgan fingerprint density at radius 1 is 0.889 bits per heavy atom. The van der Waals surface area contributed by atoms with E-state index >= 15 is 0 Å². The standard InChI is InChI=1S/C15H17NO.ClH/c16-17-15(14-9-5-2-6-10-14)12-11-13-7-3-1-4-8-13;/h1-10,15H,11-12,16H2;1H. The zero-order chi connectivity index (χ0) is 11.9. The van der Waals surface area contributed by atoms with Gasteiger partial charge in [-0.25, -0.2) is 5.90 Å². The molecule has 0 aliphatic carbocycles. The average Bonchev–Trinajstić information content (AvgIpc) is 2.42. The molecule has 0 saturated carbocycles. The van der Waals surface area contributed by atoms with E-state index in [1.54, 1.807) is 0 Å². The van der Waals surface area contributed by atoms with Crippen molar-refractivity contribution < 1.29 is 4.84 Å². The van der Waals surface area contributed by atoms with Crippen LogP contribution in [0, 0.1) is 0 Å². The summed E-state index contributed by atoms with van der Waals surface area (Å²) in [5.74, 6) is 5.37. The van der Waals surface area contributed by atoms with Crippen LogP contribution in [0.5, 0.6) is 0 Å². The molecule has 0 bridgehead atoms. The Morgan fingerprint density at radius 3 is 2.00 bits per heavy atom. The Morgan fingerprint density at radius 2 is 1.44 bits per heavy atom. The monoisotopic (exact) mass is 263 g/mol.